The lowest BCUT2D eigenvalue weighted by Gasteiger charge is -2.19. The number of amides is 1. The minimum Gasteiger partial charge on any atom is -0.496 e. The van der Waals surface area contributed by atoms with Gasteiger partial charge in [0.2, 0.25) is 0 Å². The van der Waals surface area contributed by atoms with Crippen molar-refractivity contribution in [2.24, 2.45) is 0 Å². The fourth-order valence-electron chi connectivity index (χ4n) is 2.96. The van der Waals surface area contributed by atoms with Gasteiger partial charge in [-0.25, -0.2) is 4.98 Å². The summed E-state index contributed by atoms with van der Waals surface area (Å²) >= 11 is 0. The minimum absolute atomic E-state index is 0.200. The molecule has 1 fully saturated rings. The molecule has 1 aliphatic rings. The van der Waals surface area contributed by atoms with E-state index in [0.717, 1.165) is 37.2 Å². The van der Waals surface area contributed by atoms with Crippen molar-refractivity contribution in [2.75, 3.05) is 26.7 Å². The lowest BCUT2D eigenvalue weighted by Crippen LogP contribution is -2.27. The maximum Gasteiger partial charge on any atom is 0.273 e. The second-order valence-electron chi connectivity index (χ2n) is 5.91. The summed E-state index contributed by atoms with van der Waals surface area (Å²) in [6.45, 7) is 2.45. The topological polar surface area (TPSA) is 76.4 Å². The standard InChI is InChI=1S/C18H23N3O3/c1-23-16-5-3-2-4-13(16)8-11-20-17(22)15-12-24-18(21-15)14-6-9-19-10-7-14/h2-5,12,14,19H,6-11H2,1H3,(H,20,22). The Hall–Kier alpha value is -2.34. The monoisotopic (exact) mass is 329 g/mol. The van der Waals surface area contributed by atoms with Gasteiger partial charge < -0.3 is 19.8 Å². The van der Waals surface area contributed by atoms with Crippen molar-refractivity contribution < 1.29 is 13.9 Å². The van der Waals surface area contributed by atoms with Gasteiger partial charge in [-0.2, -0.15) is 0 Å². The Kier molecular flexibility index (Phi) is 5.48. The Morgan fingerprint density at radius 3 is 2.96 bits per heavy atom. The van der Waals surface area contributed by atoms with E-state index in [2.05, 4.69) is 15.6 Å². The number of hydrogen-bond donors (Lipinski definition) is 2. The molecule has 0 unspecified atom stereocenters. The molecule has 1 saturated heterocycles. The van der Waals surface area contributed by atoms with Crippen LogP contribution in [0.25, 0.3) is 0 Å². The highest BCUT2D eigenvalue weighted by Crippen LogP contribution is 2.24. The zero-order valence-electron chi connectivity index (χ0n) is 13.9. The maximum atomic E-state index is 12.2. The molecule has 1 aliphatic heterocycles. The molecular formula is C18H23N3O3. The molecule has 1 amide bonds. The smallest absolute Gasteiger partial charge is 0.273 e. The van der Waals surface area contributed by atoms with Gasteiger partial charge in [-0.1, -0.05) is 18.2 Å². The molecule has 6 heteroatoms. The molecule has 0 spiro atoms. The quantitative estimate of drug-likeness (QED) is 0.849. The van der Waals surface area contributed by atoms with E-state index >= 15 is 0 Å². The van der Waals surface area contributed by atoms with Crippen LogP contribution in [0, 0.1) is 0 Å². The first-order valence-electron chi connectivity index (χ1n) is 8.34. The molecular weight excluding hydrogens is 306 g/mol. The van der Waals surface area contributed by atoms with E-state index in [1.165, 1.54) is 6.26 Å². The van der Waals surface area contributed by atoms with Crippen LogP contribution in [0.2, 0.25) is 0 Å². The molecule has 6 nitrogen and oxygen atoms in total. The fraction of sp³-hybridized carbons (Fsp3) is 0.444. The molecule has 2 aromatic rings. The molecule has 1 aromatic carbocycles. The number of methoxy groups -OCH3 is 1. The highest BCUT2D eigenvalue weighted by molar-refractivity contribution is 5.91. The van der Waals surface area contributed by atoms with Crippen LogP contribution in [-0.2, 0) is 6.42 Å². The zero-order chi connectivity index (χ0) is 16.8. The number of nitrogens with zero attached hydrogens (tertiary/aromatic N) is 1. The summed E-state index contributed by atoms with van der Waals surface area (Å²) in [7, 11) is 1.65. The number of piperidine rings is 1. The molecule has 0 radical (unpaired) electrons. The Bertz CT molecular complexity index is 678. The van der Waals surface area contributed by atoms with Crippen molar-refractivity contribution in [1.29, 1.82) is 0 Å². The van der Waals surface area contributed by atoms with Crippen molar-refractivity contribution in [2.45, 2.75) is 25.2 Å². The number of carbonyl (C=O) groups is 1. The lowest BCUT2D eigenvalue weighted by atomic mass is 9.98. The fourth-order valence-corrected chi connectivity index (χ4v) is 2.96. The molecule has 2 heterocycles. The number of benzene rings is 1. The van der Waals surface area contributed by atoms with Crippen molar-refractivity contribution in [3.63, 3.8) is 0 Å². The molecule has 0 bridgehead atoms. The number of carbonyl (C=O) groups excluding carboxylic acids is 1. The number of aromatic nitrogens is 1. The van der Waals surface area contributed by atoms with Gasteiger partial charge >= 0.3 is 0 Å². The van der Waals surface area contributed by atoms with Crippen LogP contribution in [0.4, 0.5) is 0 Å². The van der Waals surface area contributed by atoms with Gasteiger partial charge in [0.05, 0.1) is 7.11 Å². The number of oxazole rings is 1. The third-order valence-electron chi connectivity index (χ3n) is 4.32. The largest absolute Gasteiger partial charge is 0.496 e. The van der Waals surface area contributed by atoms with Crippen LogP contribution >= 0.6 is 0 Å². The molecule has 0 atom stereocenters. The van der Waals surface area contributed by atoms with Gasteiger partial charge in [0.1, 0.15) is 12.0 Å². The highest BCUT2D eigenvalue weighted by Gasteiger charge is 2.21. The summed E-state index contributed by atoms with van der Waals surface area (Å²) in [4.78, 5) is 16.6. The molecule has 1 aromatic heterocycles. The first-order valence-corrected chi connectivity index (χ1v) is 8.34. The van der Waals surface area contributed by atoms with Crippen molar-refractivity contribution in [3.05, 3.63) is 47.7 Å². The van der Waals surface area contributed by atoms with E-state index in [9.17, 15) is 4.79 Å². The van der Waals surface area contributed by atoms with Gasteiger partial charge in [0.25, 0.3) is 5.91 Å². The van der Waals surface area contributed by atoms with Crippen molar-refractivity contribution in [1.82, 2.24) is 15.6 Å². The summed E-state index contributed by atoms with van der Waals surface area (Å²) < 4.78 is 10.8. The average molecular weight is 329 g/mol. The third kappa shape index (κ3) is 3.94. The van der Waals surface area contributed by atoms with Crippen LogP contribution < -0.4 is 15.4 Å². The first-order chi connectivity index (χ1) is 11.8. The van der Waals surface area contributed by atoms with Gasteiger partial charge in [-0.3, -0.25) is 4.79 Å². The Morgan fingerprint density at radius 1 is 1.38 bits per heavy atom. The average Bonchev–Trinajstić information content (AvgIpc) is 3.13. The SMILES string of the molecule is COc1ccccc1CCNC(=O)c1coc(C2CCNCC2)n1. The van der Waals surface area contributed by atoms with E-state index in [0.29, 0.717) is 30.5 Å². The maximum absolute atomic E-state index is 12.2. The summed E-state index contributed by atoms with van der Waals surface area (Å²) in [5, 5.41) is 6.19. The van der Waals surface area contributed by atoms with E-state index in [4.69, 9.17) is 9.15 Å². The molecule has 3 rings (SSSR count). The van der Waals surface area contributed by atoms with Crippen molar-refractivity contribution in [3.8, 4) is 5.75 Å². The molecule has 128 valence electrons. The van der Waals surface area contributed by atoms with Crippen LogP contribution in [-0.4, -0.2) is 37.6 Å². The number of rotatable bonds is 6. The van der Waals surface area contributed by atoms with Gasteiger partial charge in [-0.05, 0) is 44.0 Å². The van der Waals surface area contributed by atoms with Crippen LogP contribution in [0.5, 0.6) is 5.75 Å². The minimum atomic E-state index is -0.200. The van der Waals surface area contributed by atoms with E-state index in [1.807, 2.05) is 24.3 Å². The highest BCUT2D eigenvalue weighted by atomic mass is 16.5. The Balaban J connectivity index is 1.52. The molecule has 24 heavy (non-hydrogen) atoms. The Morgan fingerprint density at radius 2 is 2.17 bits per heavy atom. The molecule has 2 N–H and O–H groups in total. The Labute approximate surface area is 141 Å². The van der Waals surface area contributed by atoms with E-state index in [-0.39, 0.29) is 5.91 Å². The predicted octanol–water partition coefficient (Wildman–Crippen LogP) is 2.12. The number of hydrogen-bond acceptors (Lipinski definition) is 5. The lowest BCUT2D eigenvalue weighted by molar-refractivity contribution is 0.0949. The zero-order valence-corrected chi connectivity index (χ0v) is 13.9. The summed E-state index contributed by atoms with van der Waals surface area (Å²) in [5.41, 5.74) is 1.42. The first kappa shape index (κ1) is 16.5. The number of para-hydroxylation sites is 1. The number of nitrogens with one attached hydrogen (secondary N) is 2. The van der Waals surface area contributed by atoms with Crippen LogP contribution in [0.15, 0.2) is 34.9 Å². The van der Waals surface area contributed by atoms with Gasteiger partial charge in [-0.15, -0.1) is 0 Å². The van der Waals surface area contributed by atoms with Crippen molar-refractivity contribution >= 4 is 5.91 Å². The van der Waals surface area contributed by atoms with E-state index in [1.54, 1.807) is 7.11 Å². The summed E-state index contributed by atoms with van der Waals surface area (Å²) in [6.07, 6.45) is 4.15. The second-order valence-corrected chi connectivity index (χ2v) is 5.91. The predicted molar refractivity (Wildman–Crippen MR) is 90.4 cm³/mol. The van der Waals surface area contributed by atoms with Gasteiger partial charge in [0, 0.05) is 12.5 Å². The number of ether oxygens (including phenoxy) is 1. The van der Waals surface area contributed by atoms with Crippen LogP contribution in [0.3, 0.4) is 0 Å². The molecule has 0 aliphatic carbocycles. The van der Waals surface area contributed by atoms with Crippen LogP contribution in [0.1, 0.15) is 40.7 Å². The third-order valence-corrected chi connectivity index (χ3v) is 4.32. The second kappa shape index (κ2) is 7.97. The normalized spacial score (nSPS) is 15.2. The summed E-state index contributed by atoms with van der Waals surface area (Å²) in [5.74, 6) is 1.61. The molecule has 0 saturated carbocycles. The van der Waals surface area contributed by atoms with E-state index < -0.39 is 0 Å². The van der Waals surface area contributed by atoms with Gasteiger partial charge in [0.15, 0.2) is 11.6 Å². The summed E-state index contributed by atoms with van der Waals surface area (Å²) in [6, 6.07) is 7.80.